The predicted octanol–water partition coefficient (Wildman–Crippen LogP) is 2.61. The van der Waals surface area contributed by atoms with Crippen molar-refractivity contribution in [3.63, 3.8) is 0 Å². The van der Waals surface area contributed by atoms with Crippen molar-refractivity contribution >= 4 is 16.9 Å². The number of amidine groups is 1. The van der Waals surface area contributed by atoms with E-state index in [1.807, 2.05) is 0 Å². The minimum Gasteiger partial charge on any atom is -0.379 e. The van der Waals surface area contributed by atoms with E-state index in [0.29, 0.717) is 12.0 Å². The number of fused-ring (bicyclic) bond motifs is 1. The molecule has 0 fully saturated rings. The number of thioether (sulfide) groups is 1. The SMILES string of the molecule is NC1=NC(C2CCCc3ccccc3C2)CS1. The van der Waals surface area contributed by atoms with Crippen molar-refractivity contribution in [2.45, 2.75) is 31.7 Å². The van der Waals surface area contributed by atoms with Crippen LogP contribution in [0.4, 0.5) is 0 Å². The number of hydrogen-bond donors (Lipinski definition) is 1. The highest BCUT2D eigenvalue weighted by molar-refractivity contribution is 8.14. The topological polar surface area (TPSA) is 38.4 Å². The van der Waals surface area contributed by atoms with Gasteiger partial charge >= 0.3 is 0 Å². The van der Waals surface area contributed by atoms with Crippen LogP contribution in [0.2, 0.25) is 0 Å². The molecule has 1 aromatic rings. The Morgan fingerprint density at radius 3 is 2.82 bits per heavy atom. The summed E-state index contributed by atoms with van der Waals surface area (Å²) in [4.78, 5) is 4.58. The second-order valence-electron chi connectivity index (χ2n) is 4.97. The molecule has 3 heteroatoms. The standard InChI is InChI=1S/C14H18N2S/c15-14-16-13(9-17-14)12-7-3-6-10-4-1-2-5-11(10)8-12/h1-2,4-5,12-13H,3,6-9H2,(H2,15,16). The van der Waals surface area contributed by atoms with E-state index in [9.17, 15) is 0 Å². The van der Waals surface area contributed by atoms with E-state index < -0.39 is 0 Å². The van der Waals surface area contributed by atoms with Crippen molar-refractivity contribution in [3.05, 3.63) is 35.4 Å². The third-order valence-corrected chi connectivity index (χ3v) is 4.77. The van der Waals surface area contributed by atoms with Gasteiger partial charge in [0.15, 0.2) is 5.17 Å². The smallest absolute Gasteiger partial charge is 0.154 e. The van der Waals surface area contributed by atoms with Crippen molar-refractivity contribution in [3.8, 4) is 0 Å². The second-order valence-corrected chi connectivity index (χ2v) is 6.01. The molecule has 1 aliphatic heterocycles. The molecule has 1 aromatic carbocycles. The van der Waals surface area contributed by atoms with E-state index in [-0.39, 0.29) is 0 Å². The van der Waals surface area contributed by atoms with Crippen molar-refractivity contribution in [1.82, 2.24) is 0 Å². The van der Waals surface area contributed by atoms with Gasteiger partial charge in [-0.25, -0.2) is 0 Å². The third-order valence-electron chi connectivity index (χ3n) is 3.86. The molecule has 0 aromatic heterocycles. The quantitative estimate of drug-likeness (QED) is 0.774. The summed E-state index contributed by atoms with van der Waals surface area (Å²) in [7, 11) is 0. The molecule has 3 rings (SSSR count). The van der Waals surface area contributed by atoms with Gasteiger partial charge in [0.2, 0.25) is 0 Å². The molecule has 2 aliphatic rings. The van der Waals surface area contributed by atoms with Crippen molar-refractivity contribution in [1.29, 1.82) is 0 Å². The van der Waals surface area contributed by atoms with Crippen LogP contribution in [0, 0.1) is 5.92 Å². The molecule has 0 amide bonds. The maximum absolute atomic E-state index is 5.78. The molecule has 1 heterocycles. The molecule has 2 nitrogen and oxygen atoms in total. The molecule has 0 spiro atoms. The lowest BCUT2D eigenvalue weighted by molar-refractivity contribution is 0.419. The lowest BCUT2D eigenvalue weighted by Gasteiger charge is -2.19. The molecule has 90 valence electrons. The van der Waals surface area contributed by atoms with E-state index in [4.69, 9.17) is 5.73 Å². The third kappa shape index (κ3) is 2.34. The van der Waals surface area contributed by atoms with Gasteiger partial charge < -0.3 is 5.73 Å². The predicted molar refractivity (Wildman–Crippen MR) is 74.4 cm³/mol. The number of benzene rings is 1. The zero-order valence-corrected chi connectivity index (χ0v) is 10.7. The Kier molecular flexibility index (Phi) is 3.10. The summed E-state index contributed by atoms with van der Waals surface area (Å²) in [6.07, 6.45) is 4.98. The Hall–Kier alpha value is -0.960. The number of aliphatic imine (C=N–C) groups is 1. The molecule has 2 unspecified atom stereocenters. The lowest BCUT2D eigenvalue weighted by atomic mass is 9.91. The van der Waals surface area contributed by atoms with Crippen LogP contribution in [0.15, 0.2) is 29.3 Å². The Labute approximate surface area is 107 Å². The average molecular weight is 246 g/mol. The monoisotopic (exact) mass is 246 g/mol. The van der Waals surface area contributed by atoms with Gasteiger partial charge in [0.05, 0.1) is 6.04 Å². The lowest BCUT2D eigenvalue weighted by Crippen LogP contribution is -2.20. The Morgan fingerprint density at radius 2 is 2.06 bits per heavy atom. The maximum atomic E-state index is 5.78. The van der Waals surface area contributed by atoms with Gasteiger partial charge in [0.25, 0.3) is 0 Å². The van der Waals surface area contributed by atoms with E-state index in [1.54, 1.807) is 11.8 Å². The van der Waals surface area contributed by atoms with Crippen LogP contribution >= 0.6 is 11.8 Å². The molecular formula is C14H18N2S. The highest BCUT2D eigenvalue weighted by Crippen LogP contribution is 2.31. The van der Waals surface area contributed by atoms with Gasteiger partial charge in [-0.2, -0.15) is 0 Å². The highest BCUT2D eigenvalue weighted by atomic mass is 32.2. The van der Waals surface area contributed by atoms with Crippen LogP contribution in [0.1, 0.15) is 24.0 Å². The average Bonchev–Trinajstić information content (AvgIpc) is 2.65. The van der Waals surface area contributed by atoms with Crippen LogP contribution < -0.4 is 5.73 Å². The molecular weight excluding hydrogens is 228 g/mol. The Bertz CT molecular complexity index is 442. The fourth-order valence-corrected chi connectivity index (χ4v) is 3.82. The first-order chi connectivity index (χ1) is 8.33. The van der Waals surface area contributed by atoms with E-state index in [2.05, 4.69) is 29.3 Å². The van der Waals surface area contributed by atoms with Crippen LogP contribution in [0.3, 0.4) is 0 Å². The van der Waals surface area contributed by atoms with Crippen molar-refractivity contribution in [2.24, 2.45) is 16.6 Å². The Morgan fingerprint density at radius 1 is 1.24 bits per heavy atom. The number of nitrogens with two attached hydrogens (primary N) is 1. The molecule has 2 atom stereocenters. The van der Waals surface area contributed by atoms with Crippen LogP contribution in [-0.4, -0.2) is 17.0 Å². The van der Waals surface area contributed by atoms with Gasteiger partial charge in [-0.3, -0.25) is 4.99 Å². The van der Waals surface area contributed by atoms with Gasteiger partial charge in [-0.1, -0.05) is 36.0 Å². The van der Waals surface area contributed by atoms with Crippen LogP contribution in [0.25, 0.3) is 0 Å². The summed E-state index contributed by atoms with van der Waals surface area (Å²) in [5.74, 6) is 1.77. The fraction of sp³-hybridized carbons (Fsp3) is 0.500. The molecule has 2 N–H and O–H groups in total. The zero-order valence-electron chi connectivity index (χ0n) is 9.93. The number of rotatable bonds is 1. The number of aryl methyl sites for hydroxylation is 1. The molecule has 0 saturated carbocycles. The summed E-state index contributed by atoms with van der Waals surface area (Å²) < 4.78 is 0. The maximum Gasteiger partial charge on any atom is 0.154 e. The van der Waals surface area contributed by atoms with E-state index in [0.717, 1.165) is 10.9 Å². The first-order valence-corrected chi connectivity index (χ1v) is 7.34. The normalized spacial score (nSPS) is 28.4. The largest absolute Gasteiger partial charge is 0.379 e. The van der Waals surface area contributed by atoms with Crippen LogP contribution in [0.5, 0.6) is 0 Å². The van der Waals surface area contributed by atoms with Gasteiger partial charge in [0.1, 0.15) is 0 Å². The van der Waals surface area contributed by atoms with Crippen LogP contribution in [-0.2, 0) is 12.8 Å². The second kappa shape index (κ2) is 4.73. The molecule has 17 heavy (non-hydrogen) atoms. The van der Waals surface area contributed by atoms with Gasteiger partial charge in [0, 0.05) is 5.75 Å². The summed E-state index contributed by atoms with van der Waals surface area (Å²) in [6, 6.07) is 9.32. The van der Waals surface area contributed by atoms with Gasteiger partial charge in [-0.15, -0.1) is 0 Å². The van der Waals surface area contributed by atoms with Gasteiger partial charge in [-0.05, 0) is 42.7 Å². The Balaban J connectivity index is 1.81. The fourth-order valence-electron chi connectivity index (χ4n) is 2.92. The highest BCUT2D eigenvalue weighted by Gasteiger charge is 2.27. The summed E-state index contributed by atoms with van der Waals surface area (Å²) in [5.41, 5.74) is 8.85. The number of hydrogen-bond acceptors (Lipinski definition) is 3. The molecule has 1 aliphatic carbocycles. The summed E-state index contributed by atoms with van der Waals surface area (Å²) >= 11 is 1.71. The molecule has 0 bridgehead atoms. The van der Waals surface area contributed by atoms with Crippen molar-refractivity contribution in [2.75, 3.05) is 5.75 Å². The number of nitrogens with zero attached hydrogens (tertiary/aromatic N) is 1. The molecule has 0 saturated heterocycles. The summed E-state index contributed by atoms with van der Waals surface area (Å²) in [6.45, 7) is 0. The molecule has 0 radical (unpaired) electrons. The first-order valence-electron chi connectivity index (χ1n) is 6.36. The van der Waals surface area contributed by atoms with E-state index in [1.165, 1.54) is 36.8 Å². The zero-order chi connectivity index (χ0) is 11.7. The minimum absolute atomic E-state index is 0.450. The first kappa shape index (κ1) is 11.1. The van der Waals surface area contributed by atoms with Crippen molar-refractivity contribution < 1.29 is 0 Å². The summed E-state index contributed by atoms with van der Waals surface area (Å²) in [5, 5.41) is 0.785. The minimum atomic E-state index is 0.450. The van der Waals surface area contributed by atoms with E-state index >= 15 is 0 Å².